The highest BCUT2D eigenvalue weighted by Gasteiger charge is 2.01. The molecule has 16 heavy (non-hydrogen) atoms. The highest BCUT2D eigenvalue weighted by atomic mass is 16.5. The van der Waals surface area contributed by atoms with Crippen LogP contribution in [-0.4, -0.2) is 25.7 Å². The summed E-state index contributed by atoms with van der Waals surface area (Å²) >= 11 is 0. The van der Waals surface area contributed by atoms with Crippen molar-refractivity contribution in [1.82, 2.24) is 0 Å². The minimum atomic E-state index is -0.484. The van der Waals surface area contributed by atoms with Gasteiger partial charge < -0.3 is 9.47 Å². The van der Waals surface area contributed by atoms with Gasteiger partial charge in [0.05, 0.1) is 19.1 Å². The Bertz CT molecular complexity index is 291. The van der Waals surface area contributed by atoms with Crippen molar-refractivity contribution in [3.63, 3.8) is 0 Å². The predicted octanol–water partition coefficient (Wildman–Crippen LogP) is 1.22. The van der Waals surface area contributed by atoms with Crippen molar-refractivity contribution in [3.05, 3.63) is 25.3 Å². The maximum absolute atomic E-state index is 10.4. The van der Waals surface area contributed by atoms with E-state index in [2.05, 4.69) is 22.6 Å². The van der Waals surface area contributed by atoms with Gasteiger partial charge in [-0.15, -0.1) is 0 Å². The summed E-state index contributed by atoms with van der Waals surface area (Å²) in [6, 6.07) is 1.93. The number of hydrogen-bond donors (Lipinski definition) is 0. The minimum absolute atomic E-state index is 0.140. The molecule has 0 fully saturated rings. The molecule has 0 heterocycles. The molecule has 0 saturated heterocycles. The van der Waals surface area contributed by atoms with E-state index < -0.39 is 11.9 Å². The Kier molecular flexibility index (Phi) is 11.2. The first-order chi connectivity index (χ1) is 7.51. The second-order valence-electron chi connectivity index (χ2n) is 2.59. The summed E-state index contributed by atoms with van der Waals surface area (Å²) in [6.45, 7) is 8.18. The van der Waals surface area contributed by atoms with Gasteiger partial charge in [-0.3, -0.25) is 0 Å². The fraction of sp³-hybridized carbons (Fsp3) is 0.364. The number of nitriles is 1. The van der Waals surface area contributed by atoms with Gasteiger partial charge in [-0.25, -0.2) is 9.59 Å². The van der Waals surface area contributed by atoms with Crippen LogP contribution in [0.1, 0.15) is 6.92 Å². The maximum Gasteiger partial charge on any atom is 0.330 e. The van der Waals surface area contributed by atoms with Gasteiger partial charge in [0.1, 0.15) is 6.61 Å². The van der Waals surface area contributed by atoms with Crippen molar-refractivity contribution in [2.45, 2.75) is 6.92 Å². The standard InChI is InChI=1S/C7H9NO2.C4H6O2/c1-3-7(9)10-5-6(2)4-8;1-3-4(5)6-2/h3,6H,1,5H2,2H3;3H,1H2,2H3. The molecular formula is C11H15NO4. The van der Waals surface area contributed by atoms with Gasteiger partial charge in [0.15, 0.2) is 0 Å². The quantitative estimate of drug-likeness (QED) is 0.531. The molecule has 0 aromatic heterocycles. The normalized spacial score (nSPS) is 9.56. The molecule has 0 radical (unpaired) electrons. The summed E-state index contributed by atoms with van der Waals surface area (Å²) < 4.78 is 8.71. The van der Waals surface area contributed by atoms with Crippen LogP contribution in [-0.2, 0) is 19.1 Å². The van der Waals surface area contributed by atoms with E-state index in [1.807, 2.05) is 6.07 Å². The summed E-state index contributed by atoms with van der Waals surface area (Å²) in [4.78, 5) is 20.2. The molecule has 0 saturated carbocycles. The summed E-state index contributed by atoms with van der Waals surface area (Å²) in [5.74, 6) is -1.12. The van der Waals surface area contributed by atoms with Gasteiger partial charge in [-0.1, -0.05) is 13.2 Å². The number of esters is 2. The van der Waals surface area contributed by atoms with Gasteiger partial charge in [0.25, 0.3) is 0 Å². The van der Waals surface area contributed by atoms with Crippen molar-refractivity contribution in [3.8, 4) is 6.07 Å². The first kappa shape index (κ1) is 16.3. The zero-order valence-corrected chi connectivity index (χ0v) is 9.43. The largest absolute Gasteiger partial charge is 0.466 e. The monoisotopic (exact) mass is 225 g/mol. The minimum Gasteiger partial charge on any atom is -0.466 e. The fourth-order valence-electron chi connectivity index (χ4n) is 0.387. The number of ether oxygens (including phenoxy) is 2. The van der Waals surface area contributed by atoms with E-state index in [0.717, 1.165) is 12.2 Å². The number of hydrogen-bond acceptors (Lipinski definition) is 5. The van der Waals surface area contributed by atoms with E-state index in [9.17, 15) is 9.59 Å². The SMILES string of the molecule is C=CC(=O)OC.C=CC(=O)OCC(C)C#N. The zero-order valence-electron chi connectivity index (χ0n) is 9.43. The van der Waals surface area contributed by atoms with Crippen LogP contribution in [0.3, 0.4) is 0 Å². The third-order valence-corrected chi connectivity index (χ3v) is 1.23. The van der Waals surface area contributed by atoms with Crippen LogP contribution >= 0.6 is 0 Å². The number of carbonyl (C=O) groups excluding carboxylic acids is 2. The van der Waals surface area contributed by atoms with Crippen molar-refractivity contribution < 1.29 is 19.1 Å². The third kappa shape index (κ3) is 11.9. The maximum atomic E-state index is 10.4. The highest BCUT2D eigenvalue weighted by molar-refractivity contribution is 5.81. The number of rotatable bonds is 4. The lowest BCUT2D eigenvalue weighted by Gasteiger charge is -2.00. The van der Waals surface area contributed by atoms with Crippen molar-refractivity contribution in [1.29, 1.82) is 5.26 Å². The smallest absolute Gasteiger partial charge is 0.330 e. The molecule has 1 atom stereocenters. The molecule has 88 valence electrons. The topological polar surface area (TPSA) is 76.4 Å². The van der Waals surface area contributed by atoms with Gasteiger partial charge in [0, 0.05) is 12.2 Å². The van der Waals surface area contributed by atoms with Crippen LogP contribution in [0.2, 0.25) is 0 Å². The van der Waals surface area contributed by atoms with Crippen molar-refractivity contribution in [2.75, 3.05) is 13.7 Å². The van der Waals surface area contributed by atoms with Gasteiger partial charge in [-0.2, -0.15) is 5.26 Å². The van der Waals surface area contributed by atoms with Crippen LogP contribution in [0.5, 0.6) is 0 Å². The molecule has 5 heteroatoms. The van der Waals surface area contributed by atoms with Crippen LogP contribution < -0.4 is 0 Å². The van der Waals surface area contributed by atoms with Crippen LogP contribution in [0, 0.1) is 17.2 Å². The second-order valence-corrected chi connectivity index (χ2v) is 2.59. The third-order valence-electron chi connectivity index (χ3n) is 1.23. The van der Waals surface area contributed by atoms with Gasteiger partial charge in [-0.05, 0) is 6.92 Å². The first-order valence-electron chi connectivity index (χ1n) is 4.41. The average Bonchev–Trinajstić information content (AvgIpc) is 2.34. The molecule has 0 aliphatic rings. The lowest BCUT2D eigenvalue weighted by atomic mass is 10.2. The molecule has 5 nitrogen and oxygen atoms in total. The molecule has 0 aliphatic carbocycles. The molecule has 0 aliphatic heterocycles. The van der Waals surface area contributed by atoms with E-state index in [4.69, 9.17) is 5.26 Å². The molecule has 0 spiro atoms. The lowest BCUT2D eigenvalue weighted by molar-refractivity contribution is -0.138. The van der Waals surface area contributed by atoms with E-state index in [-0.39, 0.29) is 12.5 Å². The van der Waals surface area contributed by atoms with Crippen molar-refractivity contribution >= 4 is 11.9 Å². The van der Waals surface area contributed by atoms with Crippen LogP contribution in [0.4, 0.5) is 0 Å². The molecular weight excluding hydrogens is 210 g/mol. The Balaban J connectivity index is 0. The fourth-order valence-corrected chi connectivity index (χ4v) is 0.387. The second kappa shape index (κ2) is 11.0. The van der Waals surface area contributed by atoms with E-state index >= 15 is 0 Å². The number of methoxy groups -OCH3 is 1. The van der Waals surface area contributed by atoms with Crippen molar-refractivity contribution in [2.24, 2.45) is 5.92 Å². The van der Waals surface area contributed by atoms with E-state index in [0.29, 0.717) is 0 Å². The van der Waals surface area contributed by atoms with E-state index in [1.165, 1.54) is 7.11 Å². The Morgan fingerprint density at radius 1 is 1.38 bits per heavy atom. The zero-order chi connectivity index (χ0) is 13.0. The average molecular weight is 225 g/mol. The van der Waals surface area contributed by atoms with Crippen LogP contribution in [0.15, 0.2) is 25.3 Å². The Hall–Kier alpha value is -2.09. The molecule has 0 aromatic carbocycles. The number of nitrogens with zero attached hydrogens (tertiary/aromatic N) is 1. The molecule has 0 amide bonds. The molecule has 1 unspecified atom stereocenters. The molecule has 0 bridgehead atoms. The number of carbonyl (C=O) groups is 2. The summed E-state index contributed by atoms with van der Waals surface area (Å²) in [5.41, 5.74) is 0. The summed E-state index contributed by atoms with van der Waals surface area (Å²) in [5, 5.41) is 8.25. The predicted molar refractivity (Wildman–Crippen MR) is 58.1 cm³/mol. The lowest BCUT2D eigenvalue weighted by Crippen LogP contribution is -2.07. The van der Waals surface area contributed by atoms with Gasteiger partial charge >= 0.3 is 11.9 Å². The Morgan fingerprint density at radius 3 is 2.12 bits per heavy atom. The molecule has 0 aromatic rings. The Morgan fingerprint density at radius 2 is 1.88 bits per heavy atom. The van der Waals surface area contributed by atoms with Gasteiger partial charge in [0.2, 0.25) is 0 Å². The summed E-state index contributed by atoms with van der Waals surface area (Å²) in [7, 11) is 1.31. The molecule has 0 N–H and O–H groups in total. The first-order valence-corrected chi connectivity index (χ1v) is 4.41. The van der Waals surface area contributed by atoms with Crippen LogP contribution in [0.25, 0.3) is 0 Å². The highest BCUT2D eigenvalue weighted by Crippen LogP contribution is 1.92. The summed E-state index contributed by atoms with van der Waals surface area (Å²) in [6.07, 6.45) is 2.18. The Labute approximate surface area is 95.0 Å². The van der Waals surface area contributed by atoms with E-state index in [1.54, 1.807) is 6.92 Å². The molecule has 0 rings (SSSR count).